The monoisotopic (exact) mass is 332 g/mol. The van der Waals surface area contributed by atoms with Crippen LogP contribution in [0.4, 0.5) is 20.2 Å². The van der Waals surface area contributed by atoms with Crippen LogP contribution in [0.15, 0.2) is 42.5 Å². The van der Waals surface area contributed by atoms with E-state index in [0.29, 0.717) is 11.8 Å². The van der Waals surface area contributed by atoms with Crippen LogP contribution in [0, 0.1) is 11.6 Å². The molecule has 0 unspecified atom stereocenters. The van der Waals surface area contributed by atoms with E-state index in [2.05, 4.69) is 10.6 Å². The number of halogens is 2. The molecule has 0 bridgehead atoms. The summed E-state index contributed by atoms with van der Waals surface area (Å²) < 4.78 is 26.3. The van der Waals surface area contributed by atoms with Gasteiger partial charge in [-0.1, -0.05) is 32.0 Å². The lowest BCUT2D eigenvalue weighted by Gasteiger charge is -2.13. The van der Waals surface area contributed by atoms with Gasteiger partial charge in [0.05, 0.1) is 5.69 Å². The lowest BCUT2D eigenvalue weighted by molar-refractivity contribution is -0.123. The summed E-state index contributed by atoms with van der Waals surface area (Å²) in [4.78, 5) is 23.8. The van der Waals surface area contributed by atoms with Crippen molar-refractivity contribution in [2.75, 3.05) is 10.6 Å². The summed E-state index contributed by atoms with van der Waals surface area (Å²) in [7, 11) is 0. The molecule has 2 aromatic carbocycles. The molecular weight excluding hydrogens is 314 g/mol. The molecule has 0 saturated heterocycles. The second-order valence-electron chi connectivity index (χ2n) is 5.64. The third-order valence-electron chi connectivity index (χ3n) is 3.38. The van der Waals surface area contributed by atoms with Gasteiger partial charge < -0.3 is 10.6 Å². The van der Waals surface area contributed by atoms with Crippen LogP contribution in [-0.4, -0.2) is 11.8 Å². The number of carbonyl (C=O) groups excluding carboxylic acids is 2. The maximum absolute atomic E-state index is 13.5. The summed E-state index contributed by atoms with van der Waals surface area (Å²) in [5, 5.41) is 4.93. The molecule has 0 saturated carbocycles. The first-order valence-electron chi connectivity index (χ1n) is 7.50. The molecule has 4 nitrogen and oxygen atoms in total. The zero-order valence-electron chi connectivity index (χ0n) is 13.4. The van der Waals surface area contributed by atoms with Gasteiger partial charge >= 0.3 is 0 Å². The number of hydrogen-bond acceptors (Lipinski definition) is 2. The predicted molar refractivity (Wildman–Crippen MR) is 88.8 cm³/mol. The van der Waals surface area contributed by atoms with E-state index in [4.69, 9.17) is 0 Å². The Morgan fingerprint density at radius 1 is 0.958 bits per heavy atom. The fourth-order valence-electron chi connectivity index (χ4n) is 2.24. The summed E-state index contributed by atoms with van der Waals surface area (Å²) in [5.74, 6) is -2.62. The van der Waals surface area contributed by atoms with Crippen LogP contribution in [0.1, 0.15) is 31.7 Å². The fourth-order valence-corrected chi connectivity index (χ4v) is 2.24. The summed E-state index contributed by atoms with van der Waals surface area (Å²) in [6, 6.07) is 10.1. The van der Waals surface area contributed by atoms with Gasteiger partial charge in [0.15, 0.2) is 0 Å². The standard InChI is InChI=1S/C18H18F2N2O2/c1-11(2)13-5-3-4-6-15(13)21-17(23)10-18(24)22-16-8-7-12(19)9-14(16)20/h3-9,11H,10H2,1-2H3,(H,21,23)(H,22,24). The fraction of sp³-hybridized carbons (Fsp3) is 0.222. The van der Waals surface area contributed by atoms with Gasteiger partial charge in [-0.3, -0.25) is 9.59 Å². The highest BCUT2D eigenvalue weighted by atomic mass is 19.1. The lowest BCUT2D eigenvalue weighted by Crippen LogP contribution is -2.22. The maximum atomic E-state index is 13.5. The SMILES string of the molecule is CC(C)c1ccccc1NC(=O)CC(=O)Nc1ccc(F)cc1F. The first kappa shape index (κ1) is 17.6. The largest absolute Gasteiger partial charge is 0.325 e. The molecule has 0 heterocycles. The van der Waals surface area contributed by atoms with Gasteiger partial charge in [-0.15, -0.1) is 0 Å². The van der Waals surface area contributed by atoms with E-state index in [0.717, 1.165) is 17.7 Å². The van der Waals surface area contributed by atoms with Crippen LogP contribution in [0.25, 0.3) is 0 Å². The molecule has 0 aliphatic carbocycles. The van der Waals surface area contributed by atoms with Crippen LogP contribution >= 0.6 is 0 Å². The van der Waals surface area contributed by atoms with Crippen LogP contribution in [0.3, 0.4) is 0 Å². The molecule has 2 amide bonds. The normalized spacial score (nSPS) is 10.5. The average molecular weight is 332 g/mol. The van der Waals surface area contributed by atoms with Crippen molar-refractivity contribution in [2.24, 2.45) is 0 Å². The molecular formula is C18H18F2N2O2. The van der Waals surface area contributed by atoms with Crippen molar-refractivity contribution >= 4 is 23.2 Å². The summed E-state index contributed by atoms with van der Waals surface area (Å²) in [6.07, 6.45) is -0.469. The average Bonchev–Trinajstić information content (AvgIpc) is 2.50. The van der Waals surface area contributed by atoms with Crippen molar-refractivity contribution in [3.8, 4) is 0 Å². The van der Waals surface area contributed by atoms with Crippen LogP contribution in [-0.2, 0) is 9.59 Å². The molecule has 2 aromatic rings. The van der Waals surface area contributed by atoms with Crippen LogP contribution < -0.4 is 10.6 Å². The molecule has 0 atom stereocenters. The number of anilines is 2. The predicted octanol–water partition coefficient (Wildman–Crippen LogP) is 4.06. The van der Waals surface area contributed by atoms with Gasteiger partial charge in [0.25, 0.3) is 0 Å². The molecule has 2 N–H and O–H groups in total. The minimum absolute atomic E-state index is 0.170. The smallest absolute Gasteiger partial charge is 0.233 e. The van der Waals surface area contributed by atoms with E-state index in [1.807, 2.05) is 26.0 Å². The quantitative estimate of drug-likeness (QED) is 0.811. The molecule has 0 radical (unpaired) electrons. The number of rotatable bonds is 5. The van der Waals surface area contributed by atoms with Gasteiger partial charge in [0.1, 0.15) is 18.1 Å². The topological polar surface area (TPSA) is 58.2 Å². The molecule has 0 aromatic heterocycles. The van der Waals surface area contributed by atoms with Gasteiger partial charge in [-0.25, -0.2) is 8.78 Å². The lowest BCUT2D eigenvalue weighted by atomic mass is 10.0. The molecule has 0 aliphatic heterocycles. The Bertz CT molecular complexity index is 760. The van der Waals surface area contributed by atoms with Crippen molar-refractivity contribution in [3.63, 3.8) is 0 Å². The Hall–Kier alpha value is -2.76. The number of para-hydroxylation sites is 1. The number of carbonyl (C=O) groups is 2. The molecule has 6 heteroatoms. The second kappa shape index (κ2) is 7.68. The first-order valence-corrected chi connectivity index (χ1v) is 7.50. The van der Waals surface area contributed by atoms with E-state index in [9.17, 15) is 18.4 Å². The Kier molecular flexibility index (Phi) is 5.63. The van der Waals surface area contributed by atoms with E-state index < -0.39 is 29.9 Å². The number of benzene rings is 2. The Balaban J connectivity index is 1.98. The zero-order valence-corrected chi connectivity index (χ0v) is 13.4. The first-order chi connectivity index (χ1) is 11.4. The van der Waals surface area contributed by atoms with Gasteiger partial charge in [0, 0.05) is 11.8 Å². The van der Waals surface area contributed by atoms with Gasteiger partial charge in [-0.2, -0.15) is 0 Å². The number of nitrogens with one attached hydrogen (secondary N) is 2. The minimum atomic E-state index is -0.895. The highest BCUT2D eigenvalue weighted by Crippen LogP contribution is 2.23. The number of amides is 2. The van der Waals surface area contributed by atoms with Crippen LogP contribution in [0.5, 0.6) is 0 Å². The maximum Gasteiger partial charge on any atom is 0.233 e. The summed E-state index contributed by atoms with van der Waals surface area (Å²) in [5.41, 5.74) is 1.42. The third kappa shape index (κ3) is 4.62. The number of hydrogen-bond donors (Lipinski definition) is 2. The molecule has 0 spiro atoms. The Morgan fingerprint density at radius 2 is 1.58 bits per heavy atom. The van der Waals surface area contributed by atoms with E-state index >= 15 is 0 Å². The van der Waals surface area contributed by atoms with Crippen LogP contribution in [0.2, 0.25) is 0 Å². The van der Waals surface area contributed by atoms with E-state index in [-0.39, 0.29) is 11.6 Å². The Labute approximate surface area is 138 Å². The summed E-state index contributed by atoms with van der Waals surface area (Å²) >= 11 is 0. The van der Waals surface area contributed by atoms with Crippen molar-refractivity contribution in [1.29, 1.82) is 0 Å². The highest BCUT2D eigenvalue weighted by Gasteiger charge is 2.14. The summed E-state index contributed by atoms with van der Waals surface area (Å²) in [6.45, 7) is 3.99. The zero-order chi connectivity index (χ0) is 17.7. The third-order valence-corrected chi connectivity index (χ3v) is 3.38. The van der Waals surface area contributed by atoms with Gasteiger partial charge in [0.2, 0.25) is 11.8 Å². The van der Waals surface area contributed by atoms with Crippen molar-refractivity contribution in [2.45, 2.75) is 26.2 Å². The molecule has 0 fully saturated rings. The molecule has 126 valence electrons. The molecule has 2 rings (SSSR count). The van der Waals surface area contributed by atoms with Gasteiger partial charge in [-0.05, 0) is 29.7 Å². The van der Waals surface area contributed by atoms with Crippen molar-refractivity contribution < 1.29 is 18.4 Å². The minimum Gasteiger partial charge on any atom is -0.325 e. The van der Waals surface area contributed by atoms with Crippen molar-refractivity contribution in [1.82, 2.24) is 0 Å². The van der Waals surface area contributed by atoms with Crippen molar-refractivity contribution in [3.05, 3.63) is 59.7 Å². The highest BCUT2D eigenvalue weighted by molar-refractivity contribution is 6.08. The van der Waals surface area contributed by atoms with E-state index in [1.54, 1.807) is 12.1 Å². The Morgan fingerprint density at radius 3 is 2.21 bits per heavy atom. The second-order valence-corrected chi connectivity index (χ2v) is 5.64. The molecule has 24 heavy (non-hydrogen) atoms. The molecule has 0 aliphatic rings. The van der Waals surface area contributed by atoms with E-state index in [1.165, 1.54) is 0 Å².